The number of thiophene rings is 1. The molecule has 3 nitrogen and oxygen atoms in total. The molecule has 4 heteroatoms. The number of aliphatic imine (C=N–C) groups is 1. The van der Waals surface area contributed by atoms with Crippen LogP contribution >= 0.6 is 11.3 Å². The molecule has 3 atom stereocenters. The Morgan fingerprint density at radius 3 is 1.88 bits per heavy atom. The van der Waals surface area contributed by atoms with Crippen LogP contribution in [0.1, 0.15) is 37.0 Å². The van der Waals surface area contributed by atoms with E-state index in [1.165, 1.54) is 76.0 Å². The van der Waals surface area contributed by atoms with Gasteiger partial charge in [-0.1, -0.05) is 159 Å². The Bertz CT molecular complexity index is 3220. The molecule has 0 radical (unpaired) electrons. The van der Waals surface area contributed by atoms with Crippen LogP contribution in [-0.4, -0.2) is 23.8 Å². The minimum atomic E-state index is -0.110. The monoisotopic (exact) mass is 792 g/mol. The van der Waals surface area contributed by atoms with Crippen LogP contribution in [0.3, 0.4) is 0 Å². The summed E-state index contributed by atoms with van der Waals surface area (Å²) in [4.78, 5) is 8.15. The molecule has 3 unspecified atom stereocenters. The van der Waals surface area contributed by atoms with Gasteiger partial charge in [0.1, 0.15) is 17.3 Å². The minimum Gasteiger partial charge on any atom is -0.456 e. The van der Waals surface area contributed by atoms with Crippen molar-refractivity contribution in [2.45, 2.75) is 26.4 Å². The molecule has 0 bridgehead atoms. The molecule has 0 saturated heterocycles. The largest absolute Gasteiger partial charge is 0.456 e. The van der Waals surface area contributed by atoms with Gasteiger partial charge in [-0.15, -0.1) is 11.3 Å². The second kappa shape index (κ2) is 14.8. The summed E-state index contributed by atoms with van der Waals surface area (Å²) in [6, 6.07) is 59.1. The van der Waals surface area contributed by atoms with Crippen LogP contribution in [0.2, 0.25) is 0 Å². The van der Waals surface area contributed by atoms with Crippen molar-refractivity contribution in [3.8, 4) is 22.3 Å². The Morgan fingerprint density at radius 1 is 0.600 bits per heavy atom. The van der Waals surface area contributed by atoms with Crippen molar-refractivity contribution < 1.29 is 4.42 Å². The van der Waals surface area contributed by atoms with Crippen molar-refractivity contribution in [3.63, 3.8) is 0 Å². The smallest absolute Gasteiger partial charge is 0.136 e. The molecule has 3 heterocycles. The van der Waals surface area contributed by atoms with Crippen LogP contribution in [0.4, 0.5) is 0 Å². The van der Waals surface area contributed by atoms with E-state index in [1.807, 2.05) is 11.3 Å². The van der Waals surface area contributed by atoms with Gasteiger partial charge in [-0.25, -0.2) is 0 Å². The predicted molar refractivity (Wildman–Crippen MR) is 255 cm³/mol. The Morgan fingerprint density at radius 2 is 1.22 bits per heavy atom. The van der Waals surface area contributed by atoms with Gasteiger partial charge in [0.25, 0.3) is 0 Å². The molecule has 7 aromatic carbocycles. The van der Waals surface area contributed by atoms with Crippen molar-refractivity contribution in [2.75, 3.05) is 7.05 Å². The van der Waals surface area contributed by atoms with E-state index in [4.69, 9.17) is 9.41 Å². The van der Waals surface area contributed by atoms with Crippen LogP contribution in [0.15, 0.2) is 197 Å². The van der Waals surface area contributed by atoms with E-state index in [0.29, 0.717) is 0 Å². The first-order chi connectivity index (χ1) is 29.5. The van der Waals surface area contributed by atoms with Gasteiger partial charge in [0.15, 0.2) is 0 Å². The maximum absolute atomic E-state index is 6.66. The average Bonchev–Trinajstić information content (AvgIpc) is 3.85. The van der Waals surface area contributed by atoms with Crippen molar-refractivity contribution in [1.29, 1.82) is 0 Å². The first-order valence-electron chi connectivity index (χ1n) is 21.0. The molecule has 0 N–H and O–H groups in total. The van der Waals surface area contributed by atoms with Gasteiger partial charge in [0.2, 0.25) is 0 Å². The molecule has 11 rings (SSSR count). The van der Waals surface area contributed by atoms with Crippen LogP contribution in [0, 0.1) is 11.8 Å². The van der Waals surface area contributed by atoms with E-state index in [0.717, 1.165) is 34.1 Å². The van der Waals surface area contributed by atoms with Gasteiger partial charge < -0.3 is 9.32 Å². The summed E-state index contributed by atoms with van der Waals surface area (Å²) >= 11 is 1.87. The fourth-order valence-electron chi connectivity index (χ4n) is 9.55. The van der Waals surface area contributed by atoms with E-state index in [1.54, 1.807) is 0 Å². The molecule has 60 heavy (non-hydrogen) atoms. The molecular formula is C56H44N2OS. The van der Waals surface area contributed by atoms with Gasteiger partial charge in [0.05, 0.1) is 5.71 Å². The average molecular weight is 793 g/mol. The topological polar surface area (TPSA) is 28.7 Å². The van der Waals surface area contributed by atoms with Gasteiger partial charge >= 0.3 is 0 Å². The zero-order chi connectivity index (χ0) is 40.3. The quantitative estimate of drug-likeness (QED) is 0.168. The second-order valence-corrected chi connectivity index (χ2v) is 17.4. The third-order valence-corrected chi connectivity index (χ3v) is 13.9. The van der Waals surface area contributed by atoms with Crippen LogP contribution in [0.25, 0.3) is 75.6 Å². The molecule has 9 aromatic rings. The lowest BCUT2D eigenvalue weighted by atomic mass is 9.88. The molecule has 2 aliphatic rings. The Kier molecular flexibility index (Phi) is 8.97. The second-order valence-electron chi connectivity index (χ2n) is 16.3. The predicted octanol–water partition coefficient (Wildman–Crippen LogP) is 15.1. The lowest BCUT2D eigenvalue weighted by Gasteiger charge is -2.34. The van der Waals surface area contributed by atoms with E-state index < -0.39 is 0 Å². The first kappa shape index (κ1) is 36.3. The molecule has 2 aromatic heterocycles. The van der Waals surface area contributed by atoms with E-state index >= 15 is 0 Å². The Balaban J connectivity index is 1.01. The lowest BCUT2D eigenvalue weighted by molar-refractivity contribution is 0.290. The fraction of sp³-hybridized carbons (Fsp3) is 0.125. The van der Waals surface area contributed by atoms with E-state index in [9.17, 15) is 0 Å². The van der Waals surface area contributed by atoms with Crippen LogP contribution in [-0.2, 0) is 0 Å². The molecular weight excluding hydrogens is 749 g/mol. The maximum Gasteiger partial charge on any atom is 0.136 e. The highest BCUT2D eigenvalue weighted by atomic mass is 32.1. The van der Waals surface area contributed by atoms with Crippen molar-refractivity contribution in [3.05, 3.63) is 204 Å². The van der Waals surface area contributed by atoms with Gasteiger partial charge in [0, 0.05) is 61.1 Å². The van der Waals surface area contributed by atoms with Crippen molar-refractivity contribution >= 4 is 70.4 Å². The summed E-state index contributed by atoms with van der Waals surface area (Å²) < 4.78 is 9.27. The molecule has 0 saturated carbocycles. The standard InChI is InChI=1S/C56H44N2OS/c1-35-36(2)55(58(3)56(57-54(35)40-18-11-6-12-19-40)41-24-22-39(23-25-41)37-14-7-4-8-15-37)47-20-13-21-50-53(47)48-32-42(28-31-49(48)59-50)44-27-30-46-45-29-26-43(38-16-9-5-10-17-38)33-51(45)60-52(46)34-44/h4-24,26-35,41,56H,25H2,1-3H3. The number of allylic oxidation sites excluding steroid dienone is 4. The summed E-state index contributed by atoms with van der Waals surface area (Å²) in [6.07, 6.45) is 7.86. The SMILES string of the molecule is CC1=C(c2cccc3oc4ccc(-c5ccc6c(c5)sc5cc(-c7ccccc7)ccc56)cc4c23)N(C)C(C2C=CC(c3ccccc3)=CC2)N=C(c2ccccc2)C1C. The zero-order valence-electron chi connectivity index (χ0n) is 34.0. The van der Waals surface area contributed by atoms with Crippen LogP contribution < -0.4 is 0 Å². The lowest BCUT2D eigenvalue weighted by Crippen LogP contribution is -2.35. The summed E-state index contributed by atoms with van der Waals surface area (Å²) in [6.45, 7) is 4.62. The van der Waals surface area contributed by atoms with Crippen molar-refractivity contribution in [2.24, 2.45) is 16.8 Å². The van der Waals surface area contributed by atoms with E-state index in [2.05, 4.69) is 208 Å². The Labute approximate surface area is 355 Å². The van der Waals surface area contributed by atoms with E-state index in [-0.39, 0.29) is 18.0 Å². The molecule has 0 spiro atoms. The highest BCUT2D eigenvalue weighted by molar-refractivity contribution is 7.25. The third kappa shape index (κ3) is 6.22. The number of hydrogen-bond acceptors (Lipinski definition) is 4. The molecule has 1 aliphatic carbocycles. The Hall–Kier alpha value is -6.75. The highest BCUT2D eigenvalue weighted by Crippen LogP contribution is 2.44. The summed E-state index contributed by atoms with van der Waals surface area (Å²) in [5, 5.41) is 4.88. The number of benzene rings is 7. The third-order valence-electron chi connectivity index (χ3n) is 12.8. The molecule has 1 aliphatic heterocycles. The highest BCUT2D eigenvalue weighted by Gasteiger charge is 2.34. The summed E-state index contributed by atoms with van der Waals surface area (Å²) in [5.41, 5.74) is 15.2. The fourth-order valence-corrected chi connectivity index (χ4v) is 10.7. The summed E-state index contributed by atoms with van der Waals surface area (Å²) in [5.74, 6) is 0.286. The van der Waals surface area contributed by atoms with Crippen molar-refractivity contribution in [1.82, 2.24) is 4.90 Å². The number of furan rings is 1. The number of rotatable bonds is 6. The zero-order valence-corrected chi connectivity index (χ0v) is 34.8. The van der Waals surface area contributed by atoms with Gasteiger partial charge in [-0.05, 0) is 88.2 Å². The van der Waals surface area contributed by atoms with Gasteiger partial charge in [-0.2, -0.15) is 0 Å². The number of fused-ring (bicyclic) bond motifs is 6. The molecule has 290 valence electrons. The number of nitrogens with zero attached hydrogens (tertiary/aromatic N) is 2. The minimum absolute atomic E-state index is 0.0960. The van der Waals surface area contributed by atoms with Crippen LogP contribution in [0.5, 0.6) is 0 Å². The molecule has 0 fully saturated rings. The van der Waals surface area contributed by atoms with Gasteiger partial charge in [-0.3, -0.25) is 4.99 Å². The summed E-state index contributed by atoms with van der Waals surface area (Å²) in [7, 11) is 2.24. The molecule has 0 amide bonds. The number of hydrogen-bond donors (Lipinski definition) is 0. The first-order valence-corrected chi connectivity index (χ1v) is 21.8. The maximum atomic E-state index is 6.66. The normalized spacial score (nSPS) is 18.4.